The lowest BCUT2D eigenvalue weighted by molar-refractivity contribution is 0.203. The van der Waals surface area contributed by atoms with E-state index in [1.165, 1.54) is 3.97 Å². The fraction of sp³-hybridized carbons (Fsp3) is 0.304. The molecule has 0 bridgehead atoms. The van der Waals surface area contributed by atoms with Crippen molar-refractivity contribution in [1.82, 2.24) is 8.87 Å². The number of benzene rings is 2. The Hall–Kier alpha value is -2.41. The standard InChI is InChI=1S/C23H26N2O3S/c1-16-8-10-19(11-9-16)29(27,28)25-15-21(20-6-4-5-7-22(20)25)23-14-18(17(2)26)12-13-24(23)3/h4-11,14-15,17,23,26H,12-13H2,1-3H3/t17?,23-/m0/s1. The van der Waals surface area contributed by atoms with Gasteiger partial charge in [0, 0.05) is 18.1 Å². The van der Waals surface area contributed by atoms with Gasteiger partial charge in [0.05, 0.1) is 22.6 Å². The molecular weight excluding hydrogens is 384 g/mol. The largest absolute Gasteiger partial charge is 0.389 e. The highest BCUT2D eigenvalue weighted by atomic mass is 32.2. The van der Waals surface area contributed by atoms with Gasteiger partial charge in [0.15, 0.2) is 0 Å². The van der Waals surface area contributed by atoms with Gasteiger partial charge in [-0.1, -0.05) is 42.0 Å². The summed E-state index contributed by atoms with van der Waals surface area (Å²) in [4.78, 5) is 2.46. The third-order valence-electron chi connectivity index (χ3n) is 5.74. The minimum atomic E-state index is -3.72. The van der Waals surface area contributed by atoms with Gasteiger partial charge in [-0.3, -0.25) is 4.90 Å². The predicted molar refractivity (Wildman–Crippen MR) is 115 cm³/mol. The van der Waals surface area contributed by atoms with Gasteiger partial charge in [-0.05, 0) is 56.7 Å². The van der Waals surface area contributed by atoms with Crippen molar-refractivity contribution in [2.45, 2.75) is 37.3 Å². The molecule has 1 aromatic heterocycles. The quantitative estimate of drug-likeness (QED) is 0.663. The number of aryl methyl sites for hydroxylation is 1. The molecule has 4 rings (SSSR count). The van der Waals surface area contributed by atoms with Crippen molar-refractivity contribution in [3.8, 4) is 0 Å². The molecule has 1 unspecified atom stereocenters. The highest BCUT2D eigenvalue weighted by Crippen LogP contribution is 2.36. The Labute approximate surface area is 171 Å². The van der Waals surface area contributed by atoms with E-state index in [0.717, 1.165) is 35.1 Å². The summed E-state index contributed by atoms with van der Waals surface area (Å²) in [6.45, 7) is 4.52. The molecule has 0 saturated heterocycles. The van der Waals surface area contributed by atoms with Gasteiger partial charge in [-0.25, -0.2) is 12.4 Å². The van der Waals surface area contributed by atoms with Crippen molar-refractivity contribution in [2.24, 2.45) is 0 Å². The molecule has 29 heavy (non-hydrogen) atoms. The maximum Gasteiger partial charge on any atom is 0.268 e. The van der Waals surface area contributed by atoms with E-state index in [2.05, 4.69) is 11.0 Å². The van der Waals surface area contributed by atoms with Gasteiger partial charge in [0.25, 0.3) is 10.0 Å². The first kappa shape index (κ1) is 19.9. The van der Waals surface area contributed by atoms with Crippen LogP contribution in [0.2, 0.25) is 0 Å². The molecular formula is C23H26N2O3S. The van der Waals surface area contributed by atoms with Crippen LogP contribution < -0.4 is 0 Å². The molecule has 3 aromatic rings. The number of nitrogens with zero attached hydrogens (tertiary/aromatic N) is 2. The van der Waals surface area contributed by atoms with Crippen LogP contribution in [0.25, 0.3) is 10.9 Å². The van der Waals surface area contributed by atoms with Crippen LogP contribution in [0.15, 0.2) is 71.3 Å². The van der Waals surface area contributed by atoms with Crippen LogP contribution in [0, 0.1) is 6.92 Å². The second-order valence-electron chi connectivity index (χ2n) is 7.81. The van der Waals surface area contributed by atoms with E-state index in [1.54, 1.807) is 25.3 Å². The maximum atomic E-state index is 13.4. The van der Waals surface area contributed by atoms with Gasteiger partial charge >= 0.3 is 0 Å². The highest BCUT2D eigenvalue weighted by Gasteiger charge is 2.28. The smallest absolute Gasteiger partial charge is 0.268 e. The van der Waals surface area contributed by atoms with Crippen LogP contribution in [0.4, 0.5) is 0 Å². The molecule has 1 N–H and O–H groups in total. The lowest BCUT2D eigenvalue weighted by Crippen LogP contribution is -2.30. The van der Waals surface area contributed by atoms with Crippen LogP contribution in [-0.4, -0.2) is 42.1 Å². The van der Waals surface area contributed by atoms with E-state index in [0.29, 0.717) is 5.52 Å². The lowest BCUT2D eigenvalue weighted by Gasteiger charge is -2.32. The third kappa shape index (κ3) is 3.52. The minimum absolute atomic E-state index is 0.0901. The summed E-state index contributed by atoms with van der Waals surface area (Å²) in [6.07, 6.45) is 4.11. The molecule has 0 amide bonds. The van der Waals surface area contributed by atoms with Crippen molar-refractivity contribution in [1.29, 1.82) is 0 Å². The fourth-order valence-electron chi connectivity index (χ4n) is 3.97. The summed E-state index contributed by atoms with van der Waals surface area (Å²) < 4.78 is 28.2. The molecule has 6 heteroatoms. The zero-order valence-corrected chi connectivity index (χ0v) is 17.7. The number of aliphatic hydroxyl groups excluding tert-OH is 1. The number of likely N-dealkylation sites (N-methyl/N-ethyl adjacent to an activating group) is 1. The first-order valence-electron chi connectivity index (χ1n) is 9.80. The molecule has 2 atom stereocenters. The molecule has 5 nitrogen and oxygen atoms in total. The maximum absolute atomic E-state index is 13.4. The Bertz CT molecular complexity index is 1170. The Morgan fingerprint density at radius 1 is 1.10 bits per heavy atom. The number of aliphatic hydroxyl groups is 1. The fourth-order valence-corrected chi connectivity index (χ4v) is 5.34. The van der Waals surface area contributed by atoms with Crippen molar-refractivity contribution < 1.29 is 13.5 Å². The topological polar surface area (TPSA) is 62.5 Å². The number of rotatable bonds is 4. The number of para-hydroxylation sites is 1. The molecule has 152 valence electrons. The van der Waals surface area contributed by atoms with Crippen LogP contribution in [0.3, 0.4) is 0 Å². The van der Waals surface area contributed by atoms with E-state index in [-0.39, 0.29) is 10.9 Å². The predicted octanol–water partition coefficient (Wildman–Crippen LogP) is 3.87. The van der Waals surface area contributed by atoms with Crippen molar-refractivity contribution in [3.63, 3.8) is 0 Å². The Balaban J connectivity index is 1.91. The number of hydrogen-bond acceptors (Lipinski definition) is 4. The van der Waals surface area contributed by atoms with Crippen molar-refractivity contribution in [3.05, 3.63) is 77.5 Å². The molecule has 0 aliphatic carbocycles. The summed E-state index contributed by atoms with van der Waals surface area (Å²) in [5.41, 5.74) is 3.60. The van der Waals surface area contributed by atoms with E-state index in [9.17, 15) is 13.5 Å². The van der Waals surface area contributed by atoms with Crippen LogP contribution in [0.5, 0.6) is 0 Å². The summed E-state index contributed by atoms with van der Waals surface area (Å²) in [6, 6.07) is 14.4. The molecule has 0 saturated carbocycles. The number of aromatic nitrogens is 1. The second-order valence-corrected chi connectivity index (χ2v) is 9.62. The Morgan fingerprint density at radius 2 is 1.79 bits per heavy atom. The molecule has 0 fully saturated rings. The highest BCUT2D eigenvalue weighted by molar-refractivity contribution is 7.90. The average molecular weight is 411 g/mol. The zero-order chi connectivity index (χ0) is 20.8. The van der Waals surface area contributed by atoms with Crippen LogP contribution >= 0.6 is 0 Å². The van der Waals surface area contributed by atoms with Gasteiger partial charge in [-0.15, -0.1) is 0 Å². The van der Waals surface area contributed by atoms with Gasteiger partial charge in [0.2, 0.25) is 0 Å². The first-order chi connectivity index (χ1) is 13.8. The third-order valence-corrected chi connectivity index (χ3v) is 7.43. The number of hydrogen-bond donors (Lipinski definition) is 1. The molecule has 1 aliphatic rings. The van der Waals surface area contributed by atoms with Gasteiger partial charge in [-0.2, -0.15) is 0 Å². The van der Waals surface area contributed by atoms with E-state index < -0.39 is 16.1 Å². The normalized spacial score (nSPS) is 19.3. The Morgan fingerprint density at radius 3 is 2.48 bits per heavy atom. The molecule has 2 heterocycles. The van der Waals surface area contributed by atoms with Crippen LogP contribution in [-0.2, 0) is 10.0 Å². The summed E-state index contributed by atoms with van der Waals surface area (Å²) >= 11 is 0. The first-order valence-corrected chi connectivity index (χ1v) is 11.2. The lowest BCUT2D eigenvalue weighted by atomic mass is 9.94. The molecule has 0 radical (unpaired) electrons. The van der Waals surface area contributed by atoms with Crippen molar-refractivity contribution in [2.75, 3.05) is 13.6 Å². The monoisotopic (exact) mass is 410 g/mol. The Kier molecular flexibility index (Phi) is 5.11. The molecule has 2 aromatic carbocycles. The van der Waals surface area contributed by atoms with Gasteiger partial charge in [0.1, 0.15) is 0 Å². The summed E-state index contributed by atoms with van der Waals surface area (Å²) in [5.74, 6) is 0. The number of fused-ring (bicyclic) bond motifs is 1. The van der Waals surface area contributed by atoms with E-state index >= 15 is 0 Å². The SMILES string of the molecule is Cc1ccc(S(=O)(=O)n2cc([C@@H]3C=C(C(C)O)CCN3C)c3ccccc32)cc1. The summed E-state index contributed by atoms with van der Waals surface area (Å²) in [5, 5.41) is 11.0. The molecule has 0 spiro atoms. The average Bonchev–Trinajstić information content (AvgIpc) is 3.09. The van der Waals surface area contributed by atoms with E-state index in [4.69, 9.17) is 0 Å². The van der Waals surface area contributed by atoms with Crippen LogP contribution in [0.1, 0.15) is 30.5 Å². The van der Waals surface area contributed by atoms with Crippen molar-refractivity contribution >= 4 is 20.9 Å². The van der Waals surface area contributed by atoms with E-state index in [1.807, 2.05) is 50.4 Å². The summed E-state index contributed by atoms with van der Waals surface area (Å²) in [7, 11) is -1.69. The second kappa shape index (κ2) is 7.44. The molecule has 1 aliphatic heterocycles. The van der Waals surface area contributed by atoms with Gasteiger partial charge < -0.3 is 5.11 Å². The minimum Gasteiger partial charge on any atom is -0.389 e. The zero-order valence-electron chi connectivity index (χ0n) is 16.9.